The Morgan fingerprint density at radius 2 is 1.97 bits per heavy atom. The predicted molar refractivity (Wildman–Crippen MR) is 111 cm³/mol. The standard InChI is InChI=1S/C21H20N4O3S/c1-27-13-9-12(10-14(11-13)28-2)20-23-21-22-15-5-3-6-16(26)18(15)19(25(21)24-20)17-7-4-8-29-17/h4,7-11,19H,3,5-6H2,1-2H3,(H,22,23,24). The molecule has 3 aromatic rings. The SMILES string of the molecule is COc1cc(OC)cc(-c2nc3n(n2)C(c2cccs2)C2=C(CCCC2=O)N3)c1. The van der Waals surface area contributed by atoms with E-state index in [0.717, 1.165) is 34.6 Å². The molecule has 29 heavy (non-hydrogen) atoms. The molecule has 0 fully saturated rings. The Morgan fingerprint density at radius 3 is 2.66 bits per heavy atom. The van der Waals surface area contributed by atoms with Crippen LogP contribution in [-0.4, -0.2) is 34.8 Å². The van der Waals surface area contributed by atoms with Gasteiger partial charge in [0.1, 0.15) is 17.5 Å². The molecule has 5 rings (SSSR count). The number of carbonyl (C=O) groups is 1. The Morgan fingerprint density at radius 1 is 1.17 bits per heavy atom. The number of ketones is 1. The summed E-state index contributed by atoms with van der Waals surface area (Å²) < 4.78 is 12.6. The van der Waals surface area contributed by atoms with E-state index >= 15 is 0 Å². The third-order valence-corrected chi connectivity index (χ3v) is 6.22. The normalized spacial score (nSPS) is 18.1. The van der Waals surface area contributed by atoms with Gasteiger partial charge >= 0.3 is 0 Å². The van der Waals surface area contributed by atoms with Gasteiger partial charge in [-0.2, -0.15) is 4.98 Å². The van der Waals surface area contributed by atoms with Crippen LogP contribution in [0.3, 0.4) is 0 Å². The van der Waals surface area contributed by atoms with Crippen molar-refractivity contribution < 1.29 is 14.3 Å². The highest BCUT2D eigenvalue weighted by molar-refractivity contribution is 7.10. The summed E-state index contributed by atoms with van der Waals surface area (Å²) in [7, 11) is 3.23. The summed E-state index contributed by atoms with van der Waals surface area (Å²) in [5.41, 5.74) is 2.57. The number of aromatic nitrogens is 3. The number of thiophene rings is 1. The van der Waals surface area contributed by atoms with E-state index in [2.05, 4.69) is 5.32 Å². The third kappa shape index (κ3) is 3.00. The first-order chi connectivity index (χ1) is 14.2. The molecular formula is C21H20N4O3S. The summed E-state index contributed by atoms with van der Waals surface area (Å²) >= 11 is 1.63. The topological polar surface area (TPSA) is 78.3 Å². The first kappa shape index (κ1) is 17.9. The minimum Gasteiger partial charge on any atom is -0.497 e. The number of ether oxygens (including phenoxy) is 2. The second kappa shape index (κ2) is 7.04. The van der Waals surface area contributed by atoms with Gasteiger partial charge < -0.3 is 14.8 Å². The molecular weight excluding hydrogens is 388 g/mol. The van der Waals surface area contributed by atoms with Crippen LogP contribution in [0.15, 0.2) is 47.0 Å². The van der Waals surface area contributed by atoms with Crippen molar-refractivity contribution in [2.24, 2.45) is 0 Å². The van der Waals surface area contributed by atoms with Gasteiger partial charge in [0.15, 0.2) is 11.6 Å². The molecule has 1 atom stereocenters. The van der Waals surface area contributed by atoms with E-state index in [0.29, 0.717) is 29.7 Å². The van der Waals surface area contributed by atoms with Gasteiger partial charge in [-0.1, -0.05) is 6.07 Å². The molecule has 3 heterocycles. The van der Waals surface area contributed by atoms with Crippen LogP contribution in [0.5, 0.6) is 11.5 Å². The maximum atomic E-state index is 12.8. The Kier molecular flexibility index (Phi) is 4.35. The largest absolute Gasteiger partial charge is 0.497 e. The number of rotatable bonds is 4. The Hall–Kier alpha value is -3.13. The van der Waals surface area contributed by atoms with E-state index in [1.54, 1.807) is 25.6 Å². The molecule has 0 saturated heterocycles. The van der Waals surface area contributed by atoms with Gasteiger partial charge in [0.05, 0.1) is 14.2 Å². The summed E-state index contributed by atoms with van der Waals surface area (Å²) in [5, 5.41) is 10.2. The van der Waals surface area contributed by atoms with Gasteiger partial charge in [0.25, 0.3) is 0 Å². The quantitative estimate of drug-likeness (QED) is 0.702. The van der Waals surface area contributed by atoms with Crippen LogP contribution < -0.4 is 14.8 Å². The Balaban J connectivity index is 1.65. The number of fused-ring (bicyclic) bond motifs is 1. The fourth-order valence-corrected chi connectivity index (χ4v) is 4.74. The van der Waals surface area contributed by atoms with E-state index in [1.807, 2.05) is 40.4 Å². The van der Waals surface area contributed by atoms with Crippen molar-refractivity contribution in [1.82, 2.24) is 14.8 Å². The molecule has 0 bridgehead atoms. The molecule has 8 heteroatoms. The number of nitrogens with one attached hydrogen (secondary N) is 1. The smallest absolute Gasteiger partial charge is 0.226 e. The highest BCUT2D eigenvalue weighted by Gasteiger charge is 2.37. The molecule has 0 amide bonds. The van der Waals surface area contributed by atoms with E-state index in [4.69, 9.17) is 19.6 Å². The first-order valence-electron chi connectivity index (χ1n) is 9.44. The molecule has 0 radical (unpaired) electrons. The lowest BCUT2D eigenvalue weighted by atomic mass is 9.88. The summed E-state index contributed by atoms with van der Waals surface area (Å²) in [6.07, 6.45) is 2.28. The average Bonchev–Trinajstić information content (AvgIpc) is 3.42. The zero-order valence-corrected chi connectivity index (χ0v) is 17.0. The number of anilines is 1. The van der Waals surface area contributed by atoms with Crippen LogP contribution in [-0.2, 0) is 4.79 Å². The van der Waals surface area contributed by atoms with Crippen molar-refractivity contribution in [3.63, 3.8) is 0 Å². The number of methoxy groups -OCH3 is 2. The van der Waals surface area contributed by atoms with Gasteiger partial charge in [-0.15, -0.1) is 16.4 Å². The second-order valence-corrected chi connectivity index (χ2v) is 8.00. The van der Waals surface area contributed by atoms with Crippen molar-refractivity contribution in [2.75, 3.05) is 19.5 Å². The van der Waals surface area contributed by atoms with Crippen LogP contribution in [0, 0.1) is 0 Å². The third-order valence-electron chi connectivity index (χ3n) is 5.29. The number of nitrogens with zero attached hydrogens (tertiary/aromatic N) is 3. The maximum Gasteiger partial charge on any atom is 0.226 e. The summed E-state index contributed by atoms with van der Waals surface area (Å²) in [6, 6.07) is 9.37. The Labute approximate surface area is 172 Å². The molecule has 7 nitrogen and oxygen atoms in total. The monoisotopic (exact) mass is 408 g/mol. The zero-order chi connectivity index (χ0) is 20.0. The number of Topliss-reactive ketones (excluding diaryl/α,β-unsaturated/α-hetero) is 1. The fraction of sp³-hybridized carbons (Fsp3) is 0.286. The van der Waals surface area contributed by atoms with Crippen LogP contribution in [0.1, 0.15) is 30.2 Å². The van der Waals surface area contributed by atoms with Gasteiger partial charge in [-0.3, -0.25) is 4.79 Å². The van der Waals surface area contributed by atoms with Crippen molar-refractivity contribution in [3.8, 4) is 22.9 Å². The van der Waals surface area contributed by atoms with E-state index in [-0.39, 0.29) is 11.8 Å². The minimum atomic E-state index is -0.247. The highest BCUT2D eigenvalue weighted by atomic mass is 32.1. The van der Waals surface area contributed by atoms with Gasteiger partial charge in [0.2, 0.25) is 5.95 Å². The first-order valence-corrected chi connectivity index (χ1v) is 10.3. The Bertz CT molecular complexity index is 1090. The van der Waals surface area contributed by atoms with Gasteiger partial charge in [-0.25, -0.2) is 4.68 Å². The van der Waals surface area contributed by atoms with Crippen molar-refractivity contribution in [3.05, 3.63) is 51.9 Å². The number of allylic oxidation sites excluding steroid dienone is 2. The number of hydrogen-bond donors (Lipinski definition) is 1. The van der Waals surface area contributed by atoms with Crippen molar-refractivity contribution >= 4 is 23.1 Å². The summed E-state index contributed by atoms with van der Waals surface area (Å²) in [6.45, 7) is 0. The van der Waals surface area contributed by atoms with Crippen molar-refractivity contribution in [2.45, 2.75) is 25.3 Å². The highest BCUT2D eigenvalue weighted by Crippen LogP contribution is 2.42. The lowest BCUT2D eigenvalue weighted by molar-refractivity contribution is -0.116. The molecule has 2 aliphatic rings. The van der Waals surface area contributed by atoms with Crippen LogP contribution in [0.4, 0.5) is 5.95 Å². The van der Waals surface area contributed by atoms with E-state index in [1.165, 1.54) is 0 Å². The molecule has 1 aliphatic heterocycles. The zero-order valence-electron chi connectivity index (χ0n) is 16.1. The minimum absolute atomic E-state index is 0.183. The fourth-order valence-electron chi connectivity index (χ4n) is 3.92. The lowest BCUT2D eigenvalue weighted by Gasteiger charge is -2.31. The molecule has 0 spiro atoms. The molecule has 1 N–H and O–H groups in total. The molecule has 1 aliphatic carbocycles. The van der Waals surface area contributed by atoms with Crippen LogP contribution >= 0.6 is 11.3 Å². The maximum absolute atomic E-state index is 12.8. The van der Waals surface area contributed by atoms with Crippen LogP contribution in [0.2, 0.25) is 0 Å². The number of hydrogen-bond acceptors (Lipinski definition) is 7. The molecule has 2 aromatic heterocycles. The van der Waals surface area contributed by atoms with Gasteiger partial charge in [-0.05, 0) is 36.4 Å². The van der Waals surface area contributed by atoms with E-state index in [9.17, 15) is 4.79 Å². The molecule has 1 aromatic carbocycles. The molecule has 1 unspecified atom stereocenters. The summed E-state index contributed by atoms with van der Waals surface area (Å²) in [4.78, 5) is 18.6. The summed E-state index contributed by atoms with van der Waals surface area (Å²) in [5.74, 6) is 2.72. The molecule has 0 saturated carbocycles. The number of benzene rings is 1. The van der Waals surface area contributed by atoms with E-state index < -0.39 is 0 Å². The second-order valence-electron chi connectivity index (χ2n) is 7.02. The average molecular weight is 408 g/mol. The lowest BCUT2D eigenvalue weighted by Crippen LogP contribution is -2.31. The van der Waals surface area contributed by atoms with Gasteiger partial charge in [0, 0.05) is 34.2 Å². The van der Waals surface area contributed by atoms with Crippen LogP contribution in [0.25, 0.3) is 11.4 Å². The number of carbonyl (C=O) groups excluding carboxylic acids is 1. The van der Waals surface area contributed by atoms with Crippen molar-refractivity contribution in [1.29, 1.82) is 0 Å². The molecule has 148 valence electrons. The predicted octanol–water partition coefficient (Wildman–Crippen LogP) is 4.05.